The van der Waals surface area contributed by atoms with Gasteiger partial charge in [-0.3, -0.25) is 4.79 Å². The average molecular weight is 352 g/mol. The molecule has 2 heterocycles. The minimum absolute atomic E-state index is 0.0477. The molecule has 8 heteroatoms. The Morgan fingerprint density at radius 1 is 1.21 bits per heavy atom. The molecule has 0 saturated carbocycles. The maximum Gasteiger partial charge on any atom is 0.242 e. The van der Waals surface area contributed by atoms with Crippen molar-refractivity contribution in [2.45, 2.75) is 23.8 Å². The molecule has 2 N–H and O–H groups in total. The van der Waals surface area contributed by atoms with E-state index in [0.29, 0.717) is 31.9 Å². The van der Waals surface area contributed by atoms with Gasteiger partial charge in [-0.15, -0.1) is 0 Å². The molecule has 2 aliphatic rings. The summed E-state index contributed by atoms with van der Waals surface area (Å²) in [6.07, 6.45) is 1.95. The van der Waals surface area contributed by atoms with Gasteiger partial charge in [-0.1, -0.05) is 12.1 Å². The van der Waals surface area contributed by atoms with Gasteiger partial charge < -0.3 is 15.1 Å². The fourth-order valence-electron chi connectivity index (χ4n) is 3.34. The average Bonchev–Trinajstić information content (AvgIpc) is 3.16. The quantitative estimate of drug-likeness (QED) is 0.797. The lowest BCUT2D eigenvalue weighted by atomic mass is 10.1. The Hall–Kier alpha value is -1.64. The lowest BCUT2D eigenvalue weighted by Crippen LogP contribution is -2.53. The summed E-state index contributed by atoms with van der Waals surface area (Å²) in [6, 6.07) is 6.94. The number of anilines is 1. The van der Waals surface area contributed by atoms with Crippen molar-refractivity contribution in [3.05, 3.63) is 24.3 Å². The predicted octanol–water partition coefficient (Wildman–Crippen LogP) is -0.00470. The van der Waals surface area contributed by atoms with E-state index in [2.05, 4.69) is 10.0 Å². The Bertz CT molecular complexity index is 693. The molecule has 1 aromatic carbocycles. The molecule has 1 amide bonds. The summed E-state index contributed by atoms with van der Waals surface area (Å²) in [5.74, 6) is 0.170. The predicted molar refractivity (Wildman–Crippen MR) is 92.5 cm³/mol. The third-order valence-electron chi connectivity index (χ3n) is 4.71. The molecule has 1 unspecified atom stereocenters. The fraction of sp³-hybridized carbons (Fsp3) is 0.562. The highest BCUT2D eigenvalue weighted by Crippen LogP contribution is 2.26. The van der Waals surface area contributed by atoms with Crippen LogP contribution in [-0.4, -0.2) is 65.0 Å². The maximum absolute atomic E-state index is 12.5. The van der Waals surface area contributed by atoms with Crippen LogP contribution in [0.2, 0.25) is 0 Å². The van der Waals surface area contributed by atoms with E-state index in [9.17, 15) is 13.2 Å². The number of amides is 1. The SMILES string of the molecule is CNS(=O)(=O)c1ccccc1N1CCN(C(=O)C2CCCN2)CC1. The molecule has 7 nitrogen and oxygen atoms in total. The Labute approximate surface area is 143 Å². The molecule has 0 aliphatic carbocycles. The number of carbonyl (C=O) groups excluding carboxylic acids is 1. The number of carbonyl (C=O) groups is 1. The van der Waals surface area contributed by atoms with Crippen LogP contribution in [0.3, 0.4) is 0 Å². The lowest BCUT2D eigenvalue weighted by molar-refractivity contribution is -0.133. The molecule has 1 aromatic rings. The third-order valence-corrected chi connectivity index (χ3v) is 6.18. The van der Waals surface area contributed by atoms with E-state index in [1.165, 1.54) is 7.05 Å². The van der Waals surface area contributed by atoms with E-state index < -0.39 is 10.0 Å². The number of hydrogen-bond acceptors (Lipinski definition) is 5. The van der Waals surface area contributed by atoms with Crippen molar-refractivity contribution in [2.75, 3.05) is 44.7 Å². The summed E-state index contributed by atoms with van der Waals surface area (Å²) in [6.45, 7) is 3.41. The first-order valence-electron chi connectivity index (χ1n) is 8.32. The van der Waals surface area contributed by atoms with Crippen LogP contribution in [0.4, 0.5) is 5.69 Å². The molecule has 0 aromatic heterocycles. The van der Waals surface area contributed by atoms with Gasteiger partial charge in [-0.25, -0.2) is 13.1 Å². The first kappa shape index (κ1) is 17.2. The van der Waals surface area contributed by atoms with Crippen LogP contribution < -0.4 is 14.9 Å². The molecule has 2 aliphatic heterocycles. The molecular formula is C16H24N4O3S. The molecule has 0 spiro atoms. The smallest absolute Gasteiger partial charge is 0.242 e. The van der Waals surface area contributed by atoms with E-state index in [4.69, 9.17) is 0 Å². The zero-order chi connectivity index (χ0) is 17.2. The molecule has 0 bridgehead atoms. The van der Waals surface area contributed by atoms with Crippen LogP contribution >= 0.6 is 0 Å². The normalized spacial score (nSPS) is 22.0. The van der Waals surface area contributed by atoms with Gasteiger partial charge in [0.15, 0.2) is 0 Å². The number of nitrogens with zero attached hydrogens (tertiary/aromatic N) is 2. The van der Waals surface area contributed by atoms with Crippen LogP contribution in [0, 0.1) is 0 Å². The summed E-state index contributed by atoms with van der Waals surface area (Å²) in [5.41, 5.74) is 0.693. The Morgan fingerprint density at radius 3 is 2.54 bits per heavy atom. The first-order chi connectivity index (χ1) is 11.5. The third kappa shape index (κ3) is 3.40. The summed E-state index contributed by atoms with van der Waals surface area (Å²) < 4.78 is 26.8. The minimum Gasteiger partial charge on any atom is -0.367 e. The Balaban J connectivity index is 1.70. The number of sulfonamides is 1. The Morgan fingerprint density at radius 2 is 1.92 bits per heavy atom. The second-order valence-corrected chi connectivity index (χ2v) is 7.99. The van der Waals surface area contributed by atoms with Gasteiger partial charge in [0.05, 0.1) is 11.7 Å². The topological polar surface area (TPSA) is 81.8 Å². The van der Waals surface area contributed by atoms with Crippen molar-refractivity contribution in [1.82, 2.24) is 14.9 Å². The lowest BCUT2D eigenvalue weighted by Gasteiger charge is -2.37. The highest BCUT2D eigenvalue weighted by atomic mass is 32.2. The van der Waals surface area contributed by atoms with Crippen LogP contribution in [-0.2, 0) is 14.8 Å². The molecule has 2 saturated heterocycles. The van der Waals surface area contributed by atoms with Crippen molar-refractivity contribution in [3.8, 4) is 0 Å². The van der Waals surface area contributed by atoms with Gasteiger partial charge in [0.1, 0.15) is 4.90 Å². The first-order valence-corrected chi connectivity index (χ1v) is 9.81. The van der Waals surface area contributed by atoms with Gasteiger partial charge >= 0.3 is 0 Å². The monoisotopic (exact) mass is 352 g/mol. The molecule has 0 radical (unpaired) electrons. The second-order valence-electron chi connectivity index (χ2n) is 6.14. The van der Waals surface area contributed by atoms with Crippen molar-refractivity contribution >= 4 is 21.6 Å². The summed E-state index contributed by atoms with van der Waals surface area (Å²) in [5, 5.41) is 3.24. The van der Waals surface area contributed by atoms with Crippen molar-refractivity contribution in [1.29, 1.82) is 0 Å². The van der Waals surface area contributed by atoms with Crippen molar-refractivity contribution in [3.63, 3.8) is 0 Å². The summed E-state index contributed by atoms with van der Waals surface area (Å²) in [4.78, 5) is 16.7. The number of piperazine rings is 1. The van der Waals surface area contributed by atoms with Crippen molar-refractivity contribution < 1.29 is 13.2 Å². The van der Waals surface area contributed by atoms with Gasteiger partial charge in [0, 0.05) is 26.2 Å². The minimum atomic E-state index is -3.50. The number of hydrogen-bond donors (Lipinski definition) is 2. The number of benzene rings is 1. The van der Waals surface area contributed by atoms with E-state index in [1.54, 1.807) is 12.1 Å². The van der Waals surface area contributed by atoms with Gasteiger partial charge in [0.2, 0.25) is 15.9 Å². The van der Waals surface area contributed by atoms with Crippen LogP contribution in [0.1, 0.15) is 12.8 Å². The molecule has 1 atom stereocenters. The van der Waals surface area contributed by atoms with E-state index >= 15 is 0 Å². The number of rotatable bonds is 4. The second kappa shape index (κ2) is 7.08. The molecule has 3 rings (SSSR count). The summed E-state index contributed by atoms with van der Waals surface area (Å²) >= 11 is 0. The number of para-hydroxylation sites is 1. The maximum atomic E-state index is 12.5. The Kier molecular flexibility index (Phi) is 5.07. The molecular weight excluding hydrogens is 328 g/mol. The fourth-order valence-corrected chi connectivity index (χ4v) is 4.29. The number of nitrogens with one attached hydrogen (secondary N) is 2. The van der Waals surface area contributed by atoms with Gasteiger partial charge in [-0.05, 0) is 38.6 Å². The standard InChI is InChI=1S/C16H24N4O3S/c1-17-24(22,23)15-7-3-2-6-14(15)19-9-11-20(12-10-19)16(21)13-5-4-8-18-13/h2-3,6-7,13,17-18H,4-5,8-12H2,1H3. The summed E-state index contributed by atoms with van der Waals surface area (Å²) in [7, 11) is -2.09. The van der Waals surface area contributed by atoms with Crippen LogP contribution in [0.5, 0.6) is 0 Å². The van der Waals surface area contributed by atoms with E-state index in [-0.39, 0.29) is 16.8 Å². The largest absolute Gasteiger partial charge is 0.367 e. The van der Waals surface area contributed by atoms with Gasteiger partial charge in [-0.2, -0.15) is 0 Å². The highest BCUT2D eigenvalue weighted by molar-refractivity contribution is 7.89. The van der Waals surface area contributed by atoms with E-state index in [0.717, 1.165) is 19.4 Å². The van der Waals surface area contributed by atoms with Crippen LogP contribution in [0.15, 0.2) is 29.2 Å². The van der Waals surface area contributed by atoms with Crippen molar-refractivity contribution in [2.24, 2.45) is 0 Å². The zero-order valence-corrected chi connectivity index (χ0v) is 14.7. The van der Waals surface area contributed by atoms with Crippen LogP contribution in [0.25, 0.3) is 0 Å². The molecule has 132 valence electrons. The van der Waals surface area contributed by atoms with Gasteiger partial charge in [0.25, 0.3) is 0 Å². The molecule has 24 heavy (non-hydrogen) atoms. The highest BCUT2D eigenvalue weighted by Gasteiger charge is 2.30. The molecule has 2 fully saturated rings. The van der Waals surface area contributed by atoms with E-state index in [1.807, 2.05) is 21.9 Å². The zero-order valence-electron chi connectivity index (χ0n) is 13.9.